The first-order valence-corrected chi connectivity index (χ1v) is 5.55. The third kappa shape index (κ3) is 2.37. The van der Waals surface area contributed by atoms with Crippen molar-refractivity contribution in [3.63, 3.8) is 0 Å². The summed E-state index contributed by atoms with van der Waals surface area (Å²) in [6, 6.07) is 0. The molecule has 1 aromatic heterocycles. The molecule has 0 aliphatic carbocycles. The monoisotopic (exact) mass is 293 g/mol. The Morgan fingerprint density at radius 1 is 1.62 bits per heavy atom. The van der Waals surface area contributed by atoms with Gasteiger partial charge >= 0.3 is 5.97 Å². The zero-order valence-corrected chi connectivity index (χ0v) is 10.3. The summed E-state index contributed by atoms with van der Waals surface area (Å²) >= 11 is 3.14. The number of rotatable bonds is 3. The predicted octanol–water partition coefficient (Wildman–Crippen LogP) is 3.01. The molecule has 0 amide bonds. The summed E-state index contributed by atoms with van der Waals surface area (Å²) in [5.41, 5.74) is 0.474. The molecule has 0 saturated heterocycles. The highest BCUT2D eigenvalue weighted by molar-refractivity contribution is 9.08. The zero-order valence-electron chi connectivity index (χ0n) is 8.76. The first-order chi connectivity index (χ1) is 7.52. The minimum atomic E-state index is -2.65. The van der Waals surface area contributed by atoms with Gasteiger partial charge in [0, 0.05) is 17.1 Å². The van der Waals surface area contributed by atoms with E-state index >= 15 is 0 Å². The van der Waals surface area contributed by atoms with E-state index in [-0.39, 0.29) is 16.7 Å². The fraction of sp³-hybridized carbons (Fsp3) is 0.400. The third-order valence-electron chi connectivity index (χ3n) is 2.21. The molecule has 1 heterocycles. The zero-order chi connectivity index (χ0) is 12.3. The van der Waals surface area contributed by atoms with E-state index in [1.54, 1.807) is 0 Å². The van der Waals surface area contributed by atoms with Crippen LogP contribution in [0.5, 0.6) is 0 Å². The number of methoxy groups -OCH3 is 1. The van der Waals surface area contributed by atoms with Gasteiger partial charge in [-0.1, -0.05) is 15.9 Å². The van der Waals surface area contributed by atoms with E-state index in [0.29, 0.717) is 11.0 Å². The maximum atomic E-state index is 12.6. The second kappa shape index (κ2) is 5.34. The molecule has 3 nitrogen and oxygen atoms in total. The van der Waals surface area contributed by atoms with Crippen LogP contribution < -0.4 is 0 Å². The standard InChI is InChI=1S/C10H10BrF2NO2/c1-5-6(9(12)13)4-14-7(3-11)8(5)10(15)16-2/h4,9H,3H2,1-2H3. The predicted molar refractivity (Wildman–Crippen MR) is 57.9 cm³/mol. The Morgan fingerprint density at radius 2 is 2.25 bits per heavy atom. The van der Waals surface area contributed by atoms with Gasteiger partial charge in [-0.25, -0.2) is 13.6 Å². The fourth-order valence-electron chi connectivity index (χ4n) is 1.36. The lowest BCUT2D eigenvalue weighted by molar-refractivity contribution is 0.0597. The molecule has 1 rings (SSSR count). The van der Waals surface area contributed by atoms with E-state index < -0.39 is 12.4 Å². The number of hydrogen-bond acceptors (Lipinski definition) is 3. The highest BCUT2D eigenvalue weighted by Gasteiger charge is 2.21. The highest BCUT2D eigenvalue weighted by atomic mass is 79.9. The molecule has 0 radical (unpaired) electrons. The van der Waals surface area contributed by atoms with Crippen molar-refractivity contribution in [2.75, 3.05) is 7.11 Å². The molecule has 0 aromatic carbocycles. The van der Waals surface area contributed by atoms with Gasteiger partial charge in [-0.2, -0.15) is 0 Å². The molecule has 0 saturated carbocycles. The molecule has 88 valence electrons. The van der Waals surface area contributed by atoms with Crippen LogP contribution in [0.2, 0.25) is 0 Å². The van der Waals surface area contributed by atoms with Crippen molar-refractivity contribution in [3.8, 4) is 0 Å². The Kier molecular flexibility index (Phi) is 4.35. The van der Waals surface area contributed by atoms with Crippen LogP contribution >= 0.6 is 15.9 Å². The van der Waals surface area contributed by atoms with Crippen LogP contribution in [0.1, 0.15) is 33.6 Å². The topological polar surface area (TPSA) is 39.2 Å². The Balaban J connectivity index is 3.40. The van der Waals surface area contributed by atoms with Gasteiger partial charge < -0.3 is 4.74 Å². The minimum absolute atomic E-state index is 0.108. The molecule has 0 spiro atoms. The largest absolute Gasteiger partial charge is 0.465 e. The van der Waals surface area contributed by atoms with Crippen molar-refractivity contribution in [3.05, 3.63) is 28.6 Å². The summed E-state index contributed by atoms with van der Waals surface area (Å²) in [6.07, 6.45) is -1.57. The molecular formula is C10H10BrF2NO2. The smallest absolute Gasteiger partial charge is 0.340 e. The van der Waals surface area contributed by atoms with E-state index in [4.69, 9.17) is 0 Å². The maximum absolute atomic E-state index is 12.6. The van der Waals surface area contributed by atoms with Crippen LogP contribution in [-0.4, -0.2) is 18.1 Å². The normalized spacial score (nSPS) is 10.6. The second-order valence-corrected chi connectivity index (χ2v) is 3.65. The Hall–Kier alpha value is -1.04. The summed E-state index contributed by atoms with van der Waals surface area (Å²) in [4.78, 5) is 15.3. The minimum Gasteiger partial charge on any atom is -0.465 e. The number of esters is 1. The number of carbonyl (C=O) groups is 1. The van der Waals surface area contributed by atoms with Gasteiger partial charge in [0.1, 0.15) is 0 Å². The third-order valence-corrected chi connectivity index (χ3v) is 2.74. The Bertz CT molecular complexity index is 410. The number of pyridine rings is 1. The van der Waals surface area contributed by atoms with E-state index in [1.807, 2.05) is 0 Å². The van der Waals surface area contributed by atoms with Crippen molar-refractivity contribution < 1.29 is 18.3 Å². The lowest BCUT2D eigenvalue weighted by Crippen LogP contribution is -2.11. The number of nitrogens with zero attached hydrogens (tertiary/aromatic N) is 1. The van der Waals surface area contributed by atoms with Gasteiger partial charge in [0.25, 0.3) is 6.43 Å². The van der Waals surface area contributed by atoms with Gasteiger partial charge in [-0.05, 0) is 12.5 Å². The molecule has 6 heteroatoms. The van der Waals surface area contributed by atoms with Crippen molar-refractivity contribution in [2.24, 2.45) is 0 Å². The number of halogens is 3. The first kappa shape index (κ1) is 13.0. The van der Waals surface area contributed by atoms with Gasteiger partial charge in [0.2, 0.25) is 0 Å². The molecule has 0 aliphatic heterocycles. The summed E-state index contributed by atoms with van der Waals surface area (Å²) < 4.78 is 29.8. The number of alkyl halides is 3. The van der Waals surface area contributed by atoms with Crippen LogP contribution in [0.15, 0.2) is 6.20 Å². The molecule has 0 fully saturated rings. The SMILES string of the molecule is COC(=O)c1c(CBr)ncc(C(F)F)c1C. The summed E-state index contributed by atoms with van der Waals surface area (Å²) in [5, 5.41) is 0.307. The lowest BCUT2D eigenvalue weighted by atomic mass is 10.0. The van der Waals surface area contributed by atoms with Crippen molar-refractivity contribution >= 4 is 21.9 Å². The van der Waals surface area contributed by atoms with Crippen LogP contribution in [0.4, 0.5) is 8.78 Å². The van der Waals surface area contributed by atoms with Gasteiger partial charge in [0.15, 0.2) is 0 Å². The maximum Gasteiger partial charge on any atom is 0.340 e. The molecule has 0 unspecified atom stereocenters. The fourth-order valence-corrected chi connectivity index (χ4v) is 1.79. The molecule has 1 aromatic rings. The number of hydrogen-bond donors (Lipinski definition) is 0. The van der Waals surface area contributed by atoms with Crippen molar-refractivity contribution in [1.82, 2.24) is 4.98 Å². The van der Waals surface area contributed by atoms with Crippen LogP contribution in [-0.2, 0) is 10.1 Å². The van der Waals surface area contributed by atoms with Gasteiger partial charge in [-0.15, -0.1) is 0 Å². The second-order valence-electron chi connectivity index (χ2n) is 3.09. The lowest BCUT2D eigenvalue weighted by Gasteiger charge is -2.11. The van der Waals surface area contributed by atoms with Crippen LogP contribution in [0.3, 0.4) is 0 Å². The van der Waals surface area contributed by atoms with Gasteiger partial charge in [0.05, 0.1) is 18.4 Å². The van der Waals surface area contributed by atoms with E-state index in [2.05, 4.69) is 25.7 Å². The summed E-state index contributed by atoms with van der Waals surface area (Å²) in [5.74, 6) is -0.651. The number of aromatic nitrogens is 1. The van der Waals surface area contributed by atoms with E-state index in [0.717, 1.165) is 6.20 Å². The van der Waals surface area contributed by atoms with Crippen LogP contribution in [0.25, 0.3) is 0 Å². The highest BCUT2D eigenvalue weighted by Crippen LogP contribution is 2.26. The molecule has 0 atom stereocenters. The molecule has 0 N–H and O–H groups in total. The Labute approximate surface area is 99.9 Å². The van der Waals surface area contributed by atoms with Gasteiger partial charge in [-0.3, -0.25) is 4.98 Å². The molecular weight excluding hydrogens is 284 g/mol. The Morgan fingerprint density at radius 3 is 2.69 bits per heavy atom. The van der Waals surface area contributed by atoms with Crippen molar-refractivity contribution in [1.29, 1.82) is 0 Å². The first-order valence-electron chi connectivity index (χ1n) is 4.43. The summed E-state index contributed by atoms with van der Waals surface area (Å²) in [6.45, 7) is 1.46. The molecule has 0 aliphatic rings. The van der Waals surface area contributed by atoms with Crippen molar-refractivity contribution in [2.45, 2.75) is 18.7 Å². The van der Waals surface area contributed by atoms with E-state index in [1.165, 1.54) is 14.0 Å². The molecule has 16 heavy (non-hydrogen) atoms. The van der Waals surface area contributed by atoms with E-state index in [9.17, 15) is 13.6 Å². The average molecular weight is 294 g/mol. The van der Waals surface area contributed by atoms with Crippen LogP contribution in [0, 0.1) is 6.92 Å². The number of ether oxygens (including phenoxy) is 1. The quantitative estimate of drug-likeness (QED) is 0.635. The number of carbonyl (C=O) groups excluding carboxylic acids is 1. The summed E-state index contributed by atoms with van der Waals surface area (Å²) in [7, 11) is 1.20. The molecule has 0 bridgehead atoms. The average Bonchev–Trinajstić information content (AvgIpc) is 2.26.